The lowest BCUT2D eigenvalue weighted by Crippen LogP contribution is -2.52. The molecule has 110 valence electrons. The number of amides is 2. The fraction of sp³-hybridized carbons (Fsp3) is 0.846. The smallest absolute Gasteiger partial charge is 0.241 e. The molecule has 0 saturated carbocycles. The van der Waals surface area contributed by atoms with Gasteiger partial charge in [-0.05, 0) is 19.3 Å². The number of nitrogens with zero attached hydrogens (tertiary/aromatic N) is 1. The van der Waals surface area contributed by atoms with Gasteiger partial charge in [-0.25, -0.2) is 0 Å². The van der Waals surface area contributed by atoms with Crippen molar-refractivity contribution in [3.63, 3.8) is 0 Å². The summed E-state index contributed by atoms with van der Waals surface area (Å²) in [5.41, 5.74) is 5.73. The molecule has 0 aromatic rings. The minimum atomic E-state index is -0.587. The molecule has 2 amide bonds. The second kappa shape index (κ2) is 8.12. The van der Waals surface area contributed by atoms with Crippen LogP contribution in [-0.4, -0.2) is 55.6 Å². The van der Waals surface area contributed by atoms with Gasteiger partial charge in [-0.3, -0.25) is 9.59 Å². The van der Waals surface area contributed by atoms with Gasteiger partial charge in [0, 0.05) is 32.7 Å². The second-order valence-electron chi connectivity index (χ2n) is 4.98. The number of nitrogens with one attached hydrogen (secondary N) is 1. The molecule has 1 atom stereocenters. The number of ether oxygens (including phenoxy) is 1. The van der Waals surface area contributed by atoms with Crippen LogP contribution < -0.4 is 11.1 Å². The first-order valence-corrected chi connectivity index (χ1v) is 6.91. The quantitative estimate of drug-likeness (QED) is 0.704. The number of methoxy groups -OCH3 is 1. The average Bonchev–Trinajstić information content (AvgIpc) is 2.39. The Bertz CT molecular complexity index is 302. The molecule has 1 unspecified atom stereocenters. The van der Waals surface area contributed by atoms with E-state index in [1.54, 1.807) is 4.90 Å². The van der Waals surface area contributed by atoms with E-state index in [2.05, 4.69) is 5.32 Å². The van der Waals surface area contributed by atoms with Gasteiger partial charge in [-0.2, -0.15) is 0 Å². The molecular formula is C13H25N3O3. The van der Waals surface area contributed by atoms with Gasteiger partial charge in [0.25, 0.3) is 0 Å². The van der Waals surface area contributed by atoms with Crippen LogP contribution in [-0.2, 0) is 14.3 Å². The van der Waals surface area contributed by atoms with Crippen LogP contribution in [0.4, 0.5) is 0 Å². The molecule has 0 aromatic heterocycles. The van der Waals surface area contributed by atoms with Crippen molar-refractivity contribution in [1.82, 2.24) is 10.2 Å². The van der Waals surface area contributed by atoms with Crippen molar-refractivity contribution in [2.45, 2.75) is 44.7 Å². The van der Waals surface area contributed by atoms with Crippen molar-refractivity contribution in [1.29, 1.82) is 0 Å². The number of likely N-dealkylation sites (tertiary alicyclic amines) is 1. The molecule has 6 nitrogen and oxygen atoms in total. The third-order valence-corrected chi connectivity index (χ3v) is 3.31. The van der Waals surface area contributed by atoms with Crippen LogP contribution in [0.1, 0.15) is 32.6 Å². The Labute approximate surface area is 114 Å². The highest BCUT2D eigenvalue weighted by molar-refractivity contribution is 5.82. The molecule has 0 radical (unpaired) electrons. The number of rotatable bonds is 6. The van der Waals surface area contributed by atoms with Crippen molar-refractivity contribution >= 4 is 11.8 Å². The average molecular weight is 271 g/mol. The highest BCUT2D eigenvalue weighted by Gasteiger charge is 2.26. The predicted molar refractivity (Wildman–Crippen MR) is 72.5 cm³/mol. The van der Waals surface area contributed by atoms with Gasteiger partial charge in [0.2, 0.25) is 11.8 Å². The molecule has 3 N–H and O–H groups in total. The molecule has 1 aliphatic heterocycles. The fourth-order valence-corrected chi connectivity index (χ4v) is 2.26. The minimum Gasteiger partial charge on any atom is -0.383 e. The lowest BCUT2D eigenvalue weighted by molar-refractivity contribution is -0.135. The third-order valence-electron chi connectivity index (χ3n) is 3.31. The van der Waals surface area contributed by atoms with E-state index in [1.807, 2.05) is 6.92 Å². The van der Waals surface area contributed by atoms with E-state index < -0.39 is 6.04 Å². The van der Waals surface area contributed by atoms with Gasteiger partial charge in [0.05, 0.1) is 6.61 Å². The predicted octanol–water partition coefficient (Wildman–Crippen LogP) is -0.133. The summed E-state index contributed by atoms with van der Waals surface area (Å²) in [6.45, 7) is 3.52. The first-order valence-electron chi connectivity index (χ1n) is 6.91. The van der Waals surface area contributed by atoms with Crippen LogP contribution in [0, 0.1) is 0 Å². The SMILES string of the molecule is CCCC(=O)NC1CCN(C(=O)C(N)COC)CC1. The lowest BCUT2D eigenvalue weighted by atomic mass is 10.0. The van der Waals surface area contributed by atoms with Crippen molar-refractivity contribution in [2.75, 3.05) is 26.8 Å². The first-order chi connectivity index (χ1) is 9.08. The molecule has 0 aromatic carbocycles. The summed E-state index contributed by atoms with van der Waals surface area (Å²) in [5, 5.41) is 3.00. The number of piperidine rings is 1. The van der Waals surface area contributed by atoms with Gasteiger partial charge in [-0.1, -0.05) is 6.92 Å². The van der Waals surface area contributed by atoms with Gasteiger partial charge >= 0.3 is 0 Å². The van der Waals surface area contributed by atoms with Gasteiger partial charge < -0.3 is 20.7 Å². The number of nitrogens with two attached hydrogens (primary N) is 1. The van der Waals surface area contributed by atoms with Crippen LogP contribution >= 0.6 is 0 Å². The maximum Gasteiger partial charge on any atom is 0.241 e. The lowest BCUT2D eigenvalue weighted by Gasteiger charge is -2.33. The Hall–Kier alpha value is -1.14. The van der Waals surface area contributed by atoms with E-state index in [4.69, 9.17) is 10.5 Å². The van der Waals surface area contributed by atoms with Crippen molar-refractivity contribution in [2.24, 2.45) is 5.73 Å². The highest BCUT2D eigenvalue weighted by Crippen LogP contribution is 2.11. The molecule has 0 aliphatic carbocycles. The van der Waals surface area contributed by atoms with Crippen LogP contribution in [0.3, 0.4) is 0 Å². The van der Waals surface area contributed by atoms with Crippen LogP contribution in [0.25, 0.3) is 0 Å². The zero-order valence-electron chi connectivity index (χ0n) is 11.9. The van der Waals surface area contributed by atoms with Gasteiger partial charge in [0.1, 0.15) is 6.04 Å². The third kappa shape index (κ3) is 5.16. The normalized spacial score (nSPS) is 18.2. The van der Waals surface area contributed by atoms with E-state index in [0.717, 1.165) is 19.3 Å². The highest BCUT2D eigenvalue weighted by atomic mass is 16.5. The topological polar surface area (TPSA) is 84.7 Å². The Morgan fingerprint density at radius 3 is 2.58 bits per heavy atom. The summed E-state index contributed by atoms with van der Waals surface area (Å²) in [7, 11) is 1.53. The standard InChI is InChI=1S/C13H25N3O3/c1-3-4-12(17)15-10-5-7-16(8-6-10)13(18)11(14)9-19-2/h10-11H,3-9,14H2,1-2H3,(H,15,17). The van der Waals surface area contributed by atoms with Crippen molar-refractivity contribution < 1.29 is 14.3 Å². The monoisotopic (exact) mass is 271 g/mol. The number of hydrogen-bond acceptors (Lipinski definition) is 4. The van der Waals surface area contributed by atoms with Crippen LogP contribution in [0.2, 0.25) is 0 Å². The van der Waals surface area contributed by atoms with Gasteiger partial charge in [-0.15, -0.1) is 0 Å². The Balaban J connectivity index is 2.32. The van der Waals surface area contributed by atoms with E-state index in [-0.39, 0.29) is 24.5 Å². The molecule has 1 saturated heterocycles. The summed E-state index contributed by atoms with van der Waals surface area (Å²) in [6, 6.07) is -0.405. The maximum absolute atomic E-state index is 12.0. The zero-order chi connectivity index (χ0) is 14.3. The van der Waals surface area contributed by atoms with Crippen LogP contribution in [0.5, 0.6) is 0 Å². The zero-order valence-corrected chi connectivity index (χ0v) is 11.9. The minimum absolute atomic E-state index is 0.0693. The van der Waals surface area contributed by atoms with Crippen molar-refractivity contribution in [3.05, 3.63) is 0 Å². The summed E-state index contributed by atoms with van der Waals surface area (Å²) < 4.78 is 4.89. The number of carbonyl (C=O) groups excluding carboxylic acids is 2. The summed E-state index contributed by atoms with van der Waals surface area (Å²) in [5.74, 6) is 0.0311. The second-order valence-corrected chi connectivity index (χ2v) is 4.98. The molecule has 1 rings (SSSR count). The first kappa shape index (κ1) is 15.9. The molecule has 6 heteroatoms. The largest absolute Gasteiger partial charge is 0.383 e. The Morgan fingerprint density at radius 1 is 1.42 bits per heavy atom. The van der Waals surface area contributed by atoms with Crippen molar-refractivity contribution in [3.8, 4) is 0 Å². The van der Waals surface area contributed by atoms with E-state index >= 15 is 0 Å². The maximum atomic E-state index is 12.0. The molecule has 0 spiro atoms. The summed E-state index contributed by atoms with van der Waals surface area (Å²) in [6.07, 6.45) is 3.01. The van der Waals surface area contributed by atoms with Crippen LogP contribution in [0.15, 0.2) is 0 Å². The van der Waals surface area contributed by atoms with E-state index in [0.29, 0.717) is 19.5 Å². The Morgan fingerprint density at radius 2 is 2.05 bits per heavy atom. The Kier molecular flexibility index (Phi) is 6.80. The molecule has 1 fully saturated rings. The molecule has 19 heavy (non-hydrogen) atoms. The summed E-state index contributed by atoms with van der Waals surface area (Å²) in [4.78, 5) is 25.2. The molecular weight excluding hydrogens is 246 g/mol. The molecule has 1 aliphatic rings. The summed E-state index contributed by atoms with van der Waals surface area (Å²) >= 11 is 0. The number of hydrogen-bond donors (Lipinski definition) is 2. The fourth-order valence-electron chi connectivity index (χ4n) is 2.26. The molecule has 0 bridgehead atoms. The molecule has 1 heterocycles. The number of carbonyl (C=O) groups is 2. The van der Waals surface area contributed by atoms with E-state index in [9.17, 15) is 9.59 Å². The van der Waals surface area contributed by atoms with Gasteiger partial charge in [0.15, 0.2) is 0 Å². The van der Waals surface area contributed by atoms with E-state index in [1.165, 1.54) is 7.11 Å².